The molecule has 192 valence electrons. The van der Waals surface area contributed by atoms with Crippen LogP contribution in [0.5, 0.6) is 0 Å². The highest BCUT2D eigenvalue weighted by atomic mass is 31.2. The van der Waals surface area contributed by atoms with Crippen LogP contribution >= 0.6 is 7.14 Å². The SMILES string of the molecule is CP(C)(=O)c1ccccc1Nc1ccnc(Nc2ccc(N3CCC4(CC3)CC(=O)C4)c([N+](=O)[O-])c2)n1. The average Bonchev–Trinajstić information content (AvgIpc) is 2.84. The summed E-state index contributed by atoms with van der Waals surface area (Å²) in [5.41, 5.74) is 1.89. The molecule has 1 aliphatic heterocycles. The number of nitrogens with zero attached hydrogens (tertiary/aromatic N) is 4. The van der Waals surface area contributed by atoms with E-state index in [4.69, 9.17) is 0 Å². The smallest absolute Gasteiger partial charge is 0.294 e. The number of para-hydroxylation sites is 1. The highest BCUT2D eigenvalue weighted by Gasteiger charge is 2.45. The van der Waals surface area contributed by atoms with Crippen LogP contribution < -0.4 is 20.8 Å². The topological polar surface area (TPSA) is 130 Å². The van der Waals surface area contributed by atoms with E-state index in [0.717, 1.165) is 18.1 Å². The van der Waals surface area contributed by atoms with E-state index >= 15 is 0 Å². The summed E-state index contributed by atoms with van der Waals surface area (Å²) in [6, 6.07) is 14.1. The van der Waals surface area contributed by atoms with Crippen molar-refractivity contribution in [3.05, 3.63) is 64.8 Å². The second-order valence-corrected chi connectivity index (χ2v) is 13.4. The van der Waals surface area contributed by atoms with Crippen LogP contribution in [-0.4, -0.2) is 47.1 Å². The summed E-state index contributed by atoms with van der Waals surface area (Å²) in [5.74, 6) is 1.09. The molecule has 2 aromatic carbocycles. The minimum Gasteiger partial charge on any atom is -0.366 e. The molecule has 2 heterocycles. The lowest BCUT2D eigenvalue weighted by Crippen LogP contribution is -2.47. The van der Waals surface area contributed by atoms with Crippen LogP contribution in [0.15, 0.2) is 54.7 Å². The van der Waals surface area contributed by atoms with Gasteiger partial charge in [0.1, 0.15) is 24.4 Å². The molecule has 1 saturated carbocycles. The second kappa shape index (κ2) is 9.59. The van der Waals surface area contributed by atoms with Crippen molar-refractivity contribution in [2.45, 2.75) is 25.7 Å². The molecule has 2 fully saturated rings. The Morgan fingerprint density at radius 3 is 2.46 bits per heavy atom. The van der Waals surface area contributed by atoms with Crippen molar-refractivity contribution in [2.24, 2.45) is 5.41 Å². The fraction of sp³-hybridized carbons (Fsp3) is 0.346. The van der Waals surface area contributed by atoms with Crippen LogP contribution in [0.2, 0.25) is 0 Å². The van der Waals surface area contributed by atoms with Gasteiger partial charge in [0.15, 0.2) is 0 Å². The number of rotatable bonds is 7. The highest BCUT2D eigenvalue weighted by molar-refractivity contribution is 7.70. The molecule has 37 heavy (non-hydrogen) atoms. The largest absolute Gasteiger partial charge is 0.366 e. The van der Waals surface area contributed by atoms with E-state index in [9.17, 15) is 19.5 Å². The summed E-state index contributed by atoms with van der Waals surface area (Å²) in [6.45, 7) is 4.82. The zero-order valence-electron chi connectivity index (χ0n) is 20.8. The van der Waals surface area contributed by atoms with Crippen LogP contribution in [0.3, 0.4) is 0 Å². The van der Waals surface area contributed by atoms with Gasteiger partial charge in [-0.05, 0) is 61.9 Å². The van der Waals surface area contributed by atoms with E-state index in [0.29, 0.717) is 54.6 Å². The van der Waals surface area contributed by atoms with Crippen molar-refractivity contribution < 1.29 is 14.3 Å². The molecule has 1 aromatic heterocycles. The van der Waals surface area contributed by atoms with E-state index in [1.54, 1.807) is 37.7 Å². The first-order valence-electron chi connectivity index (χ1n) is 12.2. The molecule has 1 spiro atoms. The maximum atomic E-state index is 12.7. The van der Waals surface area contributed by atoms with Gasteiger partial charge in [0.05, 0.1) is 10.6 Å². The average molecular weight is 521 g/mol. The maximum absolute atomic E-state index is 12.7. The third-order valence-electron chi connectivity index (χ3n) is 7.14. The number of Topliss-reactive ketones (excluding diaryl/α,β-unsaturated/α-hetero) is 1. The van der Waals surface area contributed by atoms with Gasteiger partial charge in [-0.2, -0.15) is 4.98 Å². The molecule has 0 unspecified atom stereocenters. The van der Waals surface area contributed by atoms with Crippen LogP contribution in [0.25, 0.3) is 0 Å². The molecule has 2 N–H and O–H groups in total. The molecule has 5 rings (SSSR count). The fourth-order valence-corrected chi connectivity index (χ4v) is 6.34. The van der Waals surface area contributed by atoms with Crippen LogP contribution in [-0.2, 0) is 9.36 Å². The molecule has 3 aromatic rings. The van der Waals surface area contributed by atoms with Gasteiger partial charge in [-0.3, -0.25) is 14.9 Å². The number of benzene rings is 2. The number of piperidine rings is 1. The Labute approximate surface area is 215 Å². The summed E-state index contributed by atoms with van der Waals surface area (Å²) in [6.07, 6.45) is 4.61. The first-order valence-corrected chi connectivity index (χ1v) is 14.8. The van der Waals surface area contributed by atoms with Crippen LogP contribution in [0.4, 0.5) is 34.5 Å². The predicted molar refractivity (Wildman–Crippen MR) is 145 cm³/mol. The van der Waals surface area contributed by atoms with Gasteiger partial charge in [0.25, 0.3) is 5.69 Å². The van der Waals surface area contributed by atoms with Gasteiger partial charge in [0, 0.05) is 49.2 Å². The summed E-state index contributed by atoms with van der Waals surface area (Å²) in [7, 11) is -2.50. The number of hydrogen-bond donors (Lipinski definition) is 2. The minimum atomic E-state index is -2.50. The number of nitrogens with one attached hydrogen (secondary N) is 2. The van der Waals surface area contributed by atoms with Gasteiger partial charge in [-0.15, -0.1) is 0 Å². The molecule has 11 heteroatoms. The molecule has 10 nitrogen and oxygen atoms in total. The fourth-order valence-electron chi connectivity index (χ4n) is 5.18. The lowest BCUT2D eigenvalue weighted by molar-refractivity contribution is -0.384. The summed E-state index contributed by atoms with van der Waals surface area (Å²) < 4.78 is 12.7. The monoisotopic (exact) mass is 520 g/mol. The zero-order chi connectivity index (χ0) is 26.2. The Kier molecular flexibility index (Phi) is 6.45. The quantitative estimate of drug-likeness (QED) is 0.249. The molecule has 2 aliphatic rings. The van der Waals surface area contributed by atoms with E-state index < -0.39 is 7.14 Å². The minimum absolute atomic E-state index is 0.00971. The van der Waals surface area contributed by atoms with E-state index in [1.807, 2.05) is 29.2 Å². The van der Waals surface area contributed by atoms with Gasteiger partial charge in [-0.25, -0.2) is 4.98 Å². The van der Waals surface area contributed by atoms with E-state index in [-0.39, 0.29) is 22.0 Å². The normalized spacial score (nSPS) is 16.8. The van der Waals surface area contributed by atoms with E-state index in [1.165, 1.54) is 6.07 Å². The van der Waals surface area contributed by atoms with Crippen molar-refractivity contribution in [3.8, 4) is 0 Å². The Bertz CT molecular complexity index is 1400. The van der Waals surface area contributed by atoms with Crippen LogP contribution in [0.1, 0.15) is 25.7 Å². The van der Waals surface area contributed by atoms with Gasteiger partial charge < -0.3 is 20.1 Å². The van der Waals surface area contributed by atoms with Gasteiger partial charge >= 0.3 is 0 Å². The lowest BCUT2D eigenvalue weighted by Gasteiger charge is -2.47. The molecule has 1 saturated heterocycles. The Balaban J connectivity index is 1.32. The predicted octanol–water partition coefficient (Wildman–Crippen LogP) is 5.07. The number of aromatic nitrogens is 2. The molecular weight excluding hydrogens is 491 g/mol. The third kappa shape index (κ3) is 5.34. The van der Waals surface area contributed by atoms with Gasteiger partial charge in [-0.1, -0.05) is 12.1 Å². The molecule has 0 radical (unpaired) electrons. The third-order valence-corrected chi connectivity index (χ3v) is 8.69. The number of ketones is 1. The molecule has 0 atom stereocenters. The number of nitro groups is 1. The molecule has 0 bridgehead atoms. The number of anilines is 5. The molecule has 0 amide bonds. The number of carbonyl (C=O) groups excluding carboxylic acids is 1. The number of nitro benzene ring substituents is 1. The summed E-state index contributed by atoms with van der Waals surface area (Å²) in [5, 5.41) is 18.9. The Morgan fingerprint density at radius 2 is 1.78 bits per heavy atom. The first kappa shape index (κ1) is 24.9. The van der Waals surface area contributed by atoms with Crippen molar-refractivity contribution in [1.29, 1.82) is 0 Å². The van der Waals surface area contributed by atoms with Crippen molar-refractivity contribution in [1.82, 2.24) is 9.97 Å². The standard InChI is InChI=1S/C26H29N6O4P/c1-37(2,36)23-6-4-3-5-20(23)29-24-9-12-27-25(30-24)28-18-7-8-21(22(15-18)32(34)35)31-13-10-26(11-14-31)16-19(33)17-26/h3-9,12,15H,10-11,13-14,16-17H2,1-2H3,(H2,27,28,29,30). The van der Waals surface area contributed by atoms with Gasteiger partial charge in [0.2, 0.25) is 5.95 Å². The van der Waals surface area contributed by atoms with Crippen LogP contribution in [0, 0.1) is 15.5 Å². The number of carbonyl (C=O) groups is 1. The van der Waals surface area contributed by atoms with Crippen molar-refractivity contribution in [2.75, 3.05) is 42.0 Å². The Morgan fingerprint density at radius 1 is 1.05 bits per heavy atom. The second-order valence-electron chi connectivity index (χ2n) is 10.2. The molecular formula is C26H29N6O4P. The zero-order valence-corrected chi connectivity index (χ0v) is 21.7. The lowest BCUT2D eigenvalue weighted by atomic mass is 9.62. The van der Waals surface area contributed by atoms with Crippen molar-refractivity contribution in [3.63, 3.8) is 0 Å². The van der Waals surface area contributed by atoms with Crippen molar-refractivity contribution >= 4 is 52.7 Å². The van der Waals surface area contributed by atoms with E-state index in [2.05, 4.69) is 20.6 Å². The highest BCUT2D eigenvalue weighted by Crippen LogP contribution is 2.48. The first-order chi connectivity index (χ1) is 17.6. The summed E-state index contributed by atoms with van der Waals surface area (Å²) in [4.78, 5) is 33.8. The number of hydrogen-bond acceptors (Lipinski definition) is 9. The summed E-state index contributed by atoms with van der Waals surface area (Å²) >= 11 is 0. The Hall–Kier alpha value is -3.78. The molecule has 1 aliphatic carbocycles. The maximum Gasteiger partial charge on any atom is 0.294 e.